The highest BCUT2D eigenvalue weighted by atomic mass is 32.2. The van der Waals surface area contributed by atoms with E-state index in [0.29, 0.717) is 0 Å². The van der Waals surface area contributed by atoms with E-state index in [4.69, 9.17) is 0 Å². The molecule has 0 aliphatic heterocycles. The fourth-order valence-corrected chi connectivity index (χ4v) is 3.32. The van der Waals surface area contributed by atoms with Gasteiger partial charge in [0, 0.05) is 16.5 Å². The van der Waals surface area contributed by atoms with Crippen LogP contribution in [0.25, 0.3) is 10.8 Å². The van der Waals surface area contributed by atoms with Crippen LogP contribution in [0.5, 0.6) is 0 Å². The first-order chi connectivity index (χ1) is 11.5. The number of thioether (sulfide) groups is 1. The Kier molecular flexibility index (Phi) is 4.81. The highest BCUT2D eigenvalue weighted by Gasteiger charge is 2.17. The van der Waals surface area contributed by atoms with E-state index in [1.54, 1.807) is 6.20 Å². The summed E-state index contributed by atoms with van der Waals surface area (Å²) in [5.41, 5.74) is 3.03. The third-order valence-electron chi connectivity index (χ3n) is 3.85. The van der Waals surface area contributed by atoms with Crippen LogP contribution in [0.2, 0.25) is 0 Å². The zero-order valence-electron chi connectivity index (χ0n) is 13.9. The number of hydrogen-bond donors (Lipinski definition) is 1. The molecule has 0 saturated carbocycles. The van der Waals surface area contributed by atoms with Gasteiger partial charge in [-0.1, -0.05) is 48.2 Å². The van der Waals surface area contributed by atoms with Crippen LogP contribution in [0, 0.1) is 13.8 Å². The minimum atomic E-state index is -0.273. The van der Waals surface area contributed by atoms with Crippen molar-refractivity contribution < 1.29 is 4.79 Å². The van der Waals surface area contributed by atoms with Crippen molar-refractivity contribution >= 4 is 34.1 Å². The molecule has 0 unspecified atom stereocenters. The molecule has 2 aromatic carbocycles. The molecule has 0 bridgehead atoms. The molecule has 5 heteroatoms. The maximum Gasteiger partial charge on any atom is 0.237 e. The molecule has 24 heavy (non-hydrogen) atoms. The zero-order chi connectivity index (χ0) is 17.1. The van der Waals surface area contributed by atoms with Gasteiger partial charge < -0.3 is 5.32 Å². The summed E-state index contributed by atoms with van der Waals surface area (Å²) >= 11 is 1.42. The summed E-state index contributed by atoms with van der Waals surface area (Å²) in [6.07, 6.45) is 1.74. The normalized spacial score (nSPS) is 12.1. The molecule has 0 spiro atoms. The van der Waals surface area contributed by atoms with Gasteiger partial charge in [-0.05, 0) is 38.0 Å². The molecule has 3 rings (SSSR count). The third-order valence-corrected chi connectivity index (χ3v) is 4.94. The molecule has 3 aromatic rings. The number of anilines is 1. The number of benzene rings is 2. The van der Waals surface area contributed by atoms with E-state index in [9.17, 15) is 4.79 Å². The maximum atomic E-state index is 12.5. The largest absolute Gasteiger partial charge is 0.325 e. The second-order valence-electron chi connectivity index (χ2n) is 5.80. The Balaban J connectivity index is 1.77. The van der Waals surface area contributed by atoms with Crippen LogP contribution in [0.3, 0.4) is 0 Å². The standard InChI is InChI=1S/C19H19N3OS/c1-12-8-9-13(2)17(10-12)21-18(23)14(3)24-19-16-7-5-4-6-15(16)11-20-22-19/h4-11,14H,1-3H3,(H,21,23)/t14-/m1/s1. The van der Waals surface area contributed by atoms with Crippen molar-refractivity contribution in [3.05, 3.63) is 59.8 Å². The topological polar surface area (TPSA) is 54.9 Å². The van der Waals surface area contributed by atoms with Crippen LogP contribution in [-0.2, 0) is 4.79 Å². The number of fused-ring (bicyclic) bond motifs is 1. The Bertz CT molecular complexity index is 889. The molecular formula is C19H19N3OS. The summed E-state index contributed by atoms with van der Waals surface area (Å²) in [6.45, 7) is 5.89. The molecule has 1 atom stereocenters. The molecule has 0 fully saturated rings. The van der Waals surface area contributed by atoms with Gasteiger partial charge >= 0.3 is 0 Å². The number of hydrogen-bond acceptors (Lipinski definition) is 4. The number of aromatic nitrogens is 2. The summed E-state index contributed by atoms with van der Waals surface area (Å²) in [4.78, 5) is 12.5. The van der Waals surface area contributed by atoms with Crippen molar-refractivity contribution in [2.45, 2.75) is 31.0 Å². The number of carbonyl (C=O) groups excluding carboxylic acids is 1. The fourth-order valence-electron chi connectivity index (χ4n) is 2.41. The van der Waals surface area contributed by atoms with Gasteiger partial charge in [0.15, 0.2) is 0 Å². The average molecular weight is 337 g/mol. The van der Waals surface area contributed by atoms with Gasteiger partial charge in [-0.15, -0.1) is 5.10 Å². The minimum Gasteiger partial charge on any atom is -0.325 e. The smallest absolute Gasteiger partial charge is 0.237 e. The van der Waals surface area contributed by atoms with Crippen LogP contribution in [0.15, 0.2) is 53.7 Å². The molecule has 122 valence electrons. The lowest BCUT2D eigenvalue weighted by molar-refractivity contribution is -0.115. The Morgan fingerprint density at radius 1 is 1.17 bits per heavy atom. The second kappa shape index (κ2) is 7.01. The maximum absolute atomic E-state index is 12.5. The molecule has 1 N–H and O–H groups in total. The highest BCUT2D eigenvalue weighted by Crippen LogP contribution is 2.29. The van der Waals surface area contributed by atoms with Gasteiger partial charge in [0.25, 0.3) is 0 Å². The van der Waals surface area contributed by atoms with E-state index >= 15 is 0 Å². The summed E-state index contributed by atoms with van der Waals surface area (Å²) in [7, 11) is 0. The molecule has 4 nitrogen and oxygen atoms in total. The van der Waals surface area contributed by atoms with E-state index in [1.807, 2.05) is 63.2 Å². The molecular weight excluding hydrogens is 318 g/mol. The Hall–Kier alpha value is -2.40. The summed E-state index contributed by atoms with van der Waals surface area (Å²) < 4.78 is 0. The first-order valence-corrected chi connectivity index (χ1v) is 8.68. The quantitative estimate of drug-likeness (QED) is 0.719. The number of nitrogens with one attached hydrogen (secondary N) is 1. The van der Waals surface area contributed by atoms with E-state index < -0.39 is 0 Å². The lowest BCUT2D eigenvalue weighted by Crippen LogP contribution is -2.23. The lowest BCUT2D eigenvalue weighted by atomic mass is 10.1. The predicted molar refractivity (Wildman–Crippen MR) is 99.4 cm³/mol. The molecule has 1 aromatic heterocycles. The SMILES string of the molecule is Cc1ccc(C)c(NC(=O)[C@@H](C)Sc2nncc3ccccc23)c1. The number of nitrogens with zero attached hydrogens (tertiary/aromatic N) is 2. The predicted octanol–water partition coefficient (Wildman–Crippen LogP) is 4.37. The van der Waals surface area contributed by atoms with E-state index in [1.165, 1.54) is 11.8 Å². The number of carbonyl (C=O) groups is 1. The molecule has 0 radical (unpaired) electrons. The van der Waals surface area contributed by atoms with E-state index in [0.717, 1.165) is 32.6 Å². The Morgan fingerprint density at radius 2 is 1.96 bits per heavy atom. The number of aryl methyl sites for hydroxylation is 2. The van der Waals surface area contributed by atoms with Gasteiger partial charge in [0.2, 0.25) is 5.91 Å². The van der Waals surface area contributed by atoms with E-state index in [-0.39, 0.29) is 11.2 Å². The lowest BCUT2D eigenvalue weighted by Gasteiger charge is -2.14. The Labute approximate surface area is 145 Å². The summed E-state index contributed by atoms with van der Waals surface area (Å²) in [5.74, 6) is -0.0385. The first kappa shape index (κ1) is 16.5. The second-order valence-corrected chi connectivity index (χ2v) is 7.13. The van der Waals surface area contributed by atoms with Gasteiger partial charge in [-0.2, -0.15) is 5.10 Å². The van der Waals surface area contributed by atoms with Crippen molar-refractivity contribution in [2.75, 3.05) is 5.32 Å². The molecule has 0 aliphatic rings. The van der Waals surface area contributed by atoms with Crippen molar-refractivity contribution in [3.8, 4) is 0 Å². The van der Waals surface area contributed by atoms with Gasteiger partial charge in [-0.3, -0.25) is 4.79 Å². The van der Waals surface area contributed by atoms with Crippen LogP contribution < -0.4 is 5.32 Å². The molecule has 0 aliphatic carbocycles. The van der Waals surface area contributed by atoms with Gasteiger partial charge in [0.1, 0.15) is 5.03 Å². The average Bonchev–Trinajstić information content (AvgIpc) is 2.58. The molecule has 1 amide bonds. The first-order valence-electron chi connectivity index (χ1n) is 7.80. The fraction of sp³-hybridized carbons (Fsp3) is 0.211. The van der Waals surface area contributed by atoms with Gasteiger partial charge in [0.05, 0.1) is 11.4 Å². The van der Waals surface area contributed by atoms with Crippen molar-refractivity contribution in [2.24, 2.45) is 0 Å². The number of rotatable bonds is 4. The van der Waals surface area contributed by atoms with Crippen LogP contribution in [-0.4, -0.2) is 21.4 Å². The van der Waals surface area contributed by atoms with Crippen molar-refractivity contribution in [3.63, 3.8) is 0 Å². The van der Waals surface area contributed by atoms with Gasteiger partial charge in [-0.25, -0.2) is 0 Å². The van der Waals surface area contributed by atoms with Crippen LogP contribution in [0.4, 0.5) is 5.69 Å². The van der Waals surface area contributed by atoms with Crippen LogP contribution >= 0.6 is 11.8 Å². The molecule has 0 saturated heterocycles. The Morgan fingerprint density at radius 3 is 2.79 bits per heavy atom. The number of amides is 1. The van der Waals surface area contributed by atoms with Crippen LogP contribution in [0.1, 0.15) is 18.1 Å². The zero-order valence-corrected chi connectivity index (χ0v) is 14.7. The molecule has 1 heterocycles. The minimum absolute atomic E-state index is 0.0385. The highest BCUT2D eigenvalue weighted by molar-refractivity contribution is 8.00. The van der Waals surface area contributed by atoms with Crippen molar-refractivity contribution in [1.82, 2.24) is 10.2 Å². The monoisotopic (exact) mass is 337 g/mol. The van der Waals surface area contributed by atoms with Crippen molar-refractivity contribution in [1.29, 1.82) is 0 Å². The third kappa shape index (κ3) is 3.57. The summed E-state index contributed by atoms with van der Waals surface area (Å²) in [6, 6.07) is 14.0. The van der Waals surface area contributed by atoms with E-state index in [2.05, 4.69) is 15.5 Å². The summed E-state index contributed by atoms with van der Waals surface area (Å²) in [5, 5.41) is 13.8.